The smallest absolute Gasteiger partial charge is 0.344 e. The molecular weight excluding hydrogens is 330 g/mol. The van der Waals surface area contributed by atoms with Crippen LogP contribution in [-0.4, -0.2) is 25.1 Å². The molecule has 0 saturated heterocycles. The monoisotopic (exact) mass is 347 g/mol. The first-order valence-electron chi connectivity index (χ1n) is 7.49. The normalized spacial score (nSPS) is 10.1. The summed E-state index contributed by atoms with van der Waals surface area (Å²) >= 11 is 5.81. The van der Waals surface area contributed by atoms with Gasteiger partial charge in [-0.05, 0) is 42.3 Å². The Morgan fingerprint density at radius 3 is 2.62 bits per heavy atom. The SMILES string of the molecule is CCc1cccc(NC(=O)COC(=O)COc2cccc(Cl)c2)c1. The lowest BCUT2D eigenvalue weighted by molar-refractivity contribution is -0.149. The van der Waals surface area contributed by atoms with Crippen molar-refractivity contribution < 1.29 is 19.1 Å². The van der Waals surface area contributed by atoms with Crippen LogP contribution in [0.5, 0.6) is 5.75 Å². The zero-order chi connectivity index (χ0) is 17.4. The van der Waals surface area contributed by atoms with Crippen LogP contribution in [-0.2, 0) is 20.7 Å². The Morgan fingerprint density at radius 1 is 1.08 bits per heavy atom. The molecular formula is C18H18ClNO4. The molecule has 0 saturated carbocycles. The third-order valence-electron chi connectivity index (χ3n) is 3.14. The van der Waals surface area contributed by atoms with E-state index in [0.717, 1.165) is 12.0 Å². The van der Waals surface area contributed by atoms with Crippen LogP contribution >= 0.6 is 11.6 Å². The van der Waals surface area contributed by atoms with Gasteiger partial charge in [-0.2, -0.15) is 0 Å². The maximum absolute atomic E-state index is 11.8. The topological polar surface area (TPSA) is 64.6 Å². The Morgan fingerprint density at radius 2 is 1.88 bits per heavy atom. The quantitative estimate of drug-likeness (QED) is 0.779. The number of anilines is 1. The number of nitrogens with one attached hydrogen (secondary N) is 1. The summed E-state index contributed by atoms with van der Waals surface area (Å²) in [6, 6.07) is 14.2. The van der Waals surface area contributed by atoms with Gasteiger partial charge in [0.25, 0.3) is 5.91 Å². The summed E-state index contributed by atoms with van der Waals surface area (Å²) in [6.45, 7) is 1.37. The van der Waals surface area contributed by atoms with E-state index in [1.165, 1.54) is 0 Å². The molecule has 6 heteroatoms. The highest BCUT2D eigenvalue weighted by atomic mass is 35.5. The van der Waals surface area contributed by atoms with Crippen molar-refractivity contribution in [3.05, 3.63) is 59.1 Å². The second kappa shape index (κ2) is 8.93. The summed E-state index contributed by atoms with van der Waals surface area (Å²) in [6.07, 6.45) is 0.875. The Balaban J connectivity index is 1.73. The molecule has 2 aromatic rings. The molecule has 0 radical (unpaired) electrons. The molecule has 0 fully saturated rings. The minimum Gasteiger partial charge on any atom is -0.482 e. The molecule has 0 aliphatic heterocycles. The molecule has 126 valence electrons. The van der Waals surface area contributed by atoms with Crippen LogP contribution in [0.1, 0.15) is 12.5 Å². The van der Waals surface area contributed by atoms with E-state index in [9.17, 15) is 9.59 Å². The molecule has 0 spiro atoms. The van der Waals surface area contributed by atoms with E-state index in [1.807, 2.05) is 25.1 Å². The fourth-order valence-electron chi connectivity index (χ4n) is 1.95. The zero-order valence-corrected chi connectivity index (χ0v) is 14.0. The van der Waals surface area contributed by atoms with E-state index in [0.29, 0.717) is 16.5 Å². The van der Waals surface area contributed by atoms with Crippen LogP contribution in [0, 0.1) is 0 Å². The lowest BCUT2D eigenvalue weighted by Gasteiger charge is -2.08. The standard InChI is InChI=1S/C18H18ClNO4/c1-2-13-5-3-7-15(9-13)20-17(21)11-24-18(22)12-23-16-8-4-6-14(19)10-16/h3-10H,2,11-12H2,1H3,(H,20,21). The van der Waals surface area contributed by atoms with Gasteiger partial charge in [0, 0.05) is 10.7 Å². The lowest BCUT2D eigenvalue weighted by Crippen LogP contribution is -2.23. The van der Waals surface area contributed by atoms with Gasteiger partial charge in [-0.25, -0.2) is 4.79 Å². The van der Waals surface area contributed by atoms with Crippen LogP contribution in [0.4, 0.5) is 5.69 Å². The van der Waals surface area contributed by atoms with Crippen LogP contribution in [0.15, 0.2) is 48.5 Å². The first kappa shape index (κ1) is 17.8. The molecule has 1 N–H and O–H groups in total. The predicted molar refractivity (Wildman–Crippen MR) is 92.4 cm³/mol. The van der Waals surface area contributed by atoms with E-state index in [-0.39, 0.29) is 13.2 Å². The molecule has 0 aliphatic rings. The summed E-state index contributed by atoms with van der Waals surface area (Å²) in [7, 11) is 0. The van der Waals surface area contributed by atoms with Crippen molar-refractivity contribution in [1.82, 2.24) is 0 Å². The Labute approximate surface area is 145 Å². The molecule has 1 amide bonds. The number of carbonyl (C=O) groups is 2. The first-order valence-corrected chi connectivity index (χ1v) is 7.87. The van der Waals surface area contributed by atoms with Crippen molar-refractivity contribution in [1.29, 1.82) is 0 Å². The summed E-state index contributed by atoms with van der Waals surface area (Å²) in [5.74, 6) is -0.577. The van der Waals surface area contributed by atoms with Crippen molar-refractivity contribution >= 4 is 29.2 Å². The van der Waals surface area contributed by atoms with E-state index < -0.39 is 11.9 Å². The fraction of sp³-hybridized carbons (Fsp3) is 0.222. The number of ether oxygens (including phenoxy) is 2. The number of benzene rings is 2. The highest BCUT2D eigenvalue weighted by molar-refractivity contribution is 6.30. The summed E-state index contributed by atoms with van der Waals surface area (Å²) in [4.78, 5) is 23.4. The Bertz CT molecular complexity index is 718. The van der Waals surface area contributed by atoms with Gasteiger partial charge in [0.15, 0.2) is 13.2 Å². The molecule has 5 nitrogen and oxygen atoms in total. The third-order valence-corrected chi connectivity index (χ3v) is 3.37. The lowest BCUT2D eigenvalue weighted by atomic mass is 10.1. The van der Waals surface area contributed by atoms with Crippen molar-refractivity contribution in [2.45, 2.75) is 13.3 Å². The number of aryl methyl sites for hydroxylation is 1. The number of carbonyl (C=O) groups excluding carboxylic acids is 2. The van der Waals surface area contributed by atoms with Gasteiger partial charge in [-0.3, -0.25) is 4.79 Å². The molecule has 0 bridgehead atoms. The average Bonchev–Trinajstić information content (AvgIpc) is 2.58. The second-order valence-electron chi connectivity index (χ2n) is 5.01. The van der Waals surface area contributed by atoms with Gasteiger partial charge < -0.3 is 14.8 Å². The number of hydrogen-bond acceptors (Lipinski definition) is 4. The largest absolute Gasteiger partial charge is 0.482 e. The third kappa shape index (κ3) is 5.93. The molecule has 0 atom stereocenters. The summed E-state index contributed by atoms with van der Waals surface area (Å²) < 4.78 is 10.1. The van der Waals surface area contributed by atoms with Crippen molar-refractivity contribution in [3.63, 3.8) is 0 Å². The second-order valence-corrected chi connectivity index (χ2v) is 5.45. The molecule has 24 heavy (non-hydrogen) atoms. The fourth-order valence-corrected chi connectivity index (χ4v) is 2.13. The predicted octanol–water partition coefficient (Wildman–Crippen LogP) is 3.46. The molecule has 0 aromatic heterocycles. The average molecular weight is 348 g/mol. The van der Waals surface area contributed by atoms with Crippen molar-refractivity contribution in [2.24, 2.45) is 0 Å². The Hall–Kier alpha value is -2.53. The van der Waals surface area contributed by atoms with Crippen molar-refractivity contribution in [3.8, 4) is 5.75 Å². The number of halogens is 1. The summed E-state index contributed by atoms with van der Waals surface area (Å²) in [5.41, 5.74) is 1.78. The van der Waals surface area contributed by atoms with Crippen LogP contribution in [0.25, 0.3) is 0 Å². The minimum absolute atomic E-state index is 0.293. The zero-order valence-electron chi connectivity index (χ0n) is 13.3. The number of hydrogen-bond donors (Lipinski definition) is 1. The van der Waals surface area contributed by atoms with E-state index in [1.54, 1.807) is 30.3 Å². The van der Waals surface area contributed by atoms with Crippen LogP contribution in [0.3, 0.4) is 0 Å². The number of esters is 1. The number of amides is 1. The molecule has 2 aromatic carbocycles. The van der Waals surface area contributed by atoms with Crippen molar-refractivity contribution in [2.75, 3.05) is 18.5 Å². The van der Waals surface area contributed by atoms with Gasteiger partial charge in [0.05, 0.1) is 0 Å². The van der Waals surface area contributed by atoms with Gasteiger partial charge in [-0.1, -0.05) is 36.7 Å². The number of rotatable bonds is 7. The molecule has 0 heterocycles. The van der Waals surface area contributed by atoms with Gasteiger partial charge in [-0.15, -0.1) is 0 Å². The maximum Gasteiger partial charge on any atom is 0.344 e. The maximum atomic E-state index is 11.8. The van der Waals surface area contributed by atoms with Gasteiger partial charge in [0.2, 0.25) is 0 Å². The summed E-state index contributed by atoms with van der Waals surface area (Å²) in [5, 5.41) is 3.19. The molecule has 2 rings (SSSR count). The van der Waals surface area contributed by atoms with E-state index >= 15 is 0 Å². The van der Waals surface area contributed by atoms with Crippen LogP contribution in [0.2, 0.25) is 5.02 Å². The van der Waals surface area contributed by atoms with E-state index in [4.69, 9.17) is 21.1 Å². The minimum atomic E-state index is -0.632. The first-order chi connectivity index (χ1) is 11.6. The van der Waals surface area contributed by atoms with E-state index in [2.05, 4.69) is 5.32 Å². The highest BCUT2D eigenvalue weighted by Crippen LogP contribution is 2.17. The van der Waals surface area contributed by atoms with Gasteiger partial charge >= 0.3 is 5.97 Å². The highest BCUT2D eigenvalue weighted by Gasteiger charge is 2.09. The van der Waals surface area contributed by atoms with Gasteiger partial charge in [0.1, 0.15) is 5.75 Å². The van der Waals surface area contributed by atoms with Crippen LogP contribution < -0.4 is 10.1 Å². The molecule has 0 unspecified atom stereocenters. The molecule has 0 aliphatic carbocycles. The Kier molecular flexibility index (Phi) is 6.63.